The molecule has 4 bridgehead atoms. The third-order valence-electron chi connectivity index (χ3n) is 7.41. The maximum atomic E-state index is 13.0. The number of aryl methyl sites for hydroxylation is 1. The van der Waals surface area contributed by atoms with Crippen LogP contribution in [0.3, 0.4) is 0 Å². The molecule has 0 unspecified atom stereocenters. The summed E-state index contributed by atoms with van der Waals surface area (Å²) < 4.78 is 4.85. The van der Waals surface area contributed by atoms with Crippen molar-refractivity contribution in [1.82, 2.24) is 10.3 Å². The van der Waals surface area contributed by atoms with Crippen molar-refractivity contribution in [2.45, 2.75) is 65.3 Å². The Morgan fingerprint density at radius 1 is 1.12 bits per heavy atom. The van der Waals surface area contributed by atoms with Gasteiger partial charge in [-0.15, -0.1) is 0 Å². The molecule has 1 aromatic heterocycles. The first kappa shape index (κ1) is 17.6. The Balaban J connectivity index is 1.53. The second-order valence-corrected chi connectivity index (χ2v) is 9.09. The monoisotopic (exact) mass is 358 g/mol. The van der Waals surface area contributed by atoms with E-state index in [9.17, 15) is 9.59 Å². The maximum absolute atomic E-state index is 13.0. The van der Waals surface area contributed by atoms with Crippen molar-refractivity contribution >= 4 is 11.9 Å². The third-order valence-corrected chi connectivity index (χ3v) is 7.41. The molecule has 2 N–H and O–H groups in total. The van der Waals surface area contributed by atoms with E-state index in [1.54, 1.807) is 13.8 Å². The molecular formula is C21H30N2O3. The van der Waals surface area contributed by atoms with Crippen LogP contribution in [0.1, 0.15) is 77.6 Å². The summed E-state index contributed by atoms with van der Waals surface area (Å²) in [5.74, 6) is 2.08. The van der Waals surface area contributed by atoms with Crippen molar-refractivity contribution in [1.29, 1.82) is 0 Å². The molecule has 0 aromatic carbocycles. The molecule has 5 nitrogen and oxygen atoms in total. The summed E-state index contributed by atoms with van der Waals surface area (Å²) in [5.41, 5.74) is 2.58. The van der Waals surface area contributed by atoms with Gasteiger partial charge in [0, 0.05) is 11.7 Å². The summed E-state index contributed by atoms with van der Waals surface area (Å²) in [7, 11) is 1.36. The molecule has 1 atom stereocenters. The first-order chi connectivity index (χ1) is 12.3. The van der Waals surface area contributed by atoms with Gasteiger partial charge < -0.3 is 15.0 Å². The van der Waals surface area contributed by atoms with Gasteiger partial charge >= 0.3 is 5.97 Å². The third kappa shape index (κ3) is 2.67. The number of carbonyl (C=O) groups is 2. The van der Waals surface area contributed by atoms with Crippen LogP contribution < -0.4 is 5.32 Å². The molecule has 1 amide bonds. The van der Waals surface area contributed by atoms with Gasteiger partial charge in [-0.2, -0.15) is 0 Å². The SMILES string of the molecule is COC(=O)c1c(C)[nH]c(C(=O)N[C@@H](C)C23CC4CC(CC(C4)C2)C3)c1C. The van der Waals surface area contributed by atoms with Crippen LogP contribution in [0.25, 0.3) is 0 Å². The Morgan fingerprint density at radius 2 is 1.65 bits per heavy atom. The highest BCUT2D eigenvalue weighted by atomic mass is 16.5. The van der Waals surface area contributed by atoms with E-state index in [2.05, 4.69) is 17.2 Å². The number of esters is 1. The van der Waals surface area contributed by atoms with Gasteiger partial charge in [-0.25, -0.2) is 4.79 Å². The lowest BCUT2D eigenvalue weighted by atomic mass is 9.48. The number of hydrogen-bond acceptors (Lipinski definition) is 3. The molecule has 26 heavy (non-hydrogen) atoms. The number of aromatic nitrogens is 1. The number of ether oxygens (including phenoxy) is 1. The summed E-state index contributed by atoms with van der Waals surface area (Å²) >= 11 is 0. The average molecular weight is 358 g/mol. The Morgan fingerprint density at radius 3 is 2.15 bits per heavy atom. The molecule has 142 valence electrons. The number of amides is 1. The molecule has 5 rings (SSSR count). The standard InChI is InChI=1S/C21H30N2O3/c1-11-17(20(25)26-4)12(2)22-18(11)19(24)23-13(3)21-8-14-5-15(9-21)7-16(6-14)10-21/h13-16,22H,5-10H2,1-4H3,(H,23,24)/t13-,14?,15?,16?,21?/m0/s1. The first-order valence-corrected chi connectivity index (χ1v) is 9.91. The number of carbonyl (C=O) groups excluding carboxylic acids is 2. The molecule has 0 aliphatic heterocycles. The number of rotatable bonds is 4. The second-order valence-electron chi connectivity index (χ2n) is 9.09. The largest absolute Gasteiger partial charge is 0.465 e. The van der Waals surface area contributed by atoms with Gasteiger partial charge in [-0.1, -0.05) is 0 Å². The van der Waals surface area contributed by atoms with E-state index in [1.807, 2.05) is 0 Å². The molecule has 5 heteroatoms. The fourth-order valence-electron chi connectivity index (χ4n) is 6.52. The predicted molar refractivity (Wildman–Crippen MR) is 99.1 cm³/mol. The maximum Gasteiger partial charge on any atom is 0.339 e. The minimum atomic E-state index is -0.399. The lowest BCUT2D eigenvalue weighted by Crippen LogP contribution is -2.55. The number of hydrogen-bond donors (Lipinski definition) is 2. The zero-order chi connectivity index (χ0) is 18.6. The van der Waals surface area contributed by atoms with Crippen LogP contribution in [-0.2, 0) is 4.74 Å². The first-order valence-electron chi connectivity index (χ1n) is 9.91. The van der Waals surface area contributed by atoms with Crippen LogP contribution in [0.2, 0.25) is 0 Å². The molecule has 1 aromatic rings. The number of nitrogens with one attached hydrogen (secondary N) is 2. The van der Waals surface area contributed by atoms with E-state index < -0.39 is 5.97 Å². The van der Waals surface area contributed by atoms with Crippen LogP contribution in [0, 0.1) is 37.0 Å². The van der Waals surface area contributed by atoms with Crippen LogP contribution in [0.4, 0.5) is 0 Å². The average Bonchev–Trinajstić information content (AvgIpc) is 2.87. The molecule has 0 spiro atoms. The van der Waals surface area contributed by atoms with Crippen molar-refractivity contribution in [3.63, 3.8) is 0 Å². The van der Waals surface area contributed by atoms with Gasteiger partial charge in [0.2, 0.25) is 0 Å². The topological polar surface area (TPSA) is 71.2 Å². The fraction of sp³-hybridized carbons (Fsp3) is 0.714. The van der Waals surface area contributed by atoms with Crippen molar-refractivity contribution in [3.8, 4) is 0 Å². The molecule has 0 radical (unpaired) electrons. The van der Waals surface area contributed by atoms with E-state index in [0.717, 1.165) is 17.8 Å². The lowest BCUT2D eigenvalue weighted by molar-refractivity contribution is -0.0688. The Bertz CT molecular complexity index is 713. The summed E-state index contributed by atoms with van der Waals surface area (Å²) in [6, 6.07) is 0.160. The highest BCUT2D eigenvalue weighted by Gasteiger charge is 2.53. The highest BCUT2D eigenvalue weighted by Crippen LogP contribution is 2.61. The number of aromatic amines is 1. The van der Waals surface area contributed by atoms with Crippen LogP contribution in [0.5, 0.6) is 0 Å². The van der Waals surface area contributed by atoms with Crippen molar-refractivity contribution in [3.05, 3.63) is 22.5 Å². The van der Waals surface area contributed by atoms with E-state index in [0.29, 0.717) is 22.5 Å². The summed E-state index contributed by atoms with van der Waals surface area (Å²) in [4.78, 5) is 28.0. The van der Waals surface area contributed by atoms with Crippen LogP contribution in [-0.4, -0.2) is 30.0 Å². The molecule has 4 aliphatic rings. The normalized spacial score (nSPS) is 33.2. The zero-order valence-corrected chi connectivity index (χ0v) is 16.3. The second kappa shape index (κ2) is 6.14. The fourth-order valence-corrected chi connectivity index (χ4v) is 6.52. The van der Waals surface area contributed by atoms with Crippen molar-refractivity contribution in [2.24, 2.45) is 23.2 Å². The molecular weight excluding hydrogens is 328 g/mol. The number of methoxy groups -OCH3 is 1. The minimum Gasteiger partial charge on any atom is -0.465 e. The number of H-pyrrole nitrogens is 1. The van der Waals surface area contributed by atoms with E-state index >= 15 is 0 Å². The summed E-state index contributed by atoms with van der Waals surface area (Å²) in [6.07, 6.45) is 7.98. The van der Waals surface area contributed by atoms with Gasteiger partial charge in [0.15, 0.2) is 0 Å². The zero-order valence-electron chi connectivity index (χ0n) is 16.3. The van der Waals surface area contributed by atoms with Crippen LogP contribution >= 0.6 is 0 Å². The van der Waals surface area contributed by atoms with Gasteiger partial charge in [-0.3, -0.25) is 4.79 Å². The van der Waals surface area contributed by atoms with Gasteiger partial charge in [0.25, 0.3) is 5.91 Å². The minimum absolute atomic E-state index is 0.107. The van der Waals surface area contributed by atoms with E-state index in [4.69, 9.17) is 4.74 Å². The van der Waals surface area contributed by atoms with E-state index in [1.165, 1.54) is 45.6 Å². The van der Waals surface area contributed by atoms with Gasteiger partial charge in [0.05, 0.1) is 12.7 Å². The highest BCUT2D eigenvalue weighted by molar-refractivity contribution is 6.00. The smallest absolute Gasteiger partial charge is 0.339 e. The molecule has 1 heterocycles. The van der Waals surface area contributed by atoms with Gasteiger partial charge in [-0.05, 0) is 88.0 Å². The molecule has 4 saturated carbocycles. The Hall–Kier alpha value is -1.78. The Labute approximate surface area is 155 Å². The molecule has 4 aliphatic carbocycles. The van der Waals surface area contributed by atoms with Gasteiger partial charge in [0.1, 0.15) is 5.69 Å². The van der Waals surface area contributed by atoms with Crippen molar-refractivity contribution in [2.75, 3.05) is 7.11 Å². The predicted octanol–water partition coefficient (Wildman–Crippen LogP) is 3.75. The van der Waals surface area contributed by atoms with Crippen molar-refractivity contribution < 1.29 is 14.3 Å². The van der Waals surface area contributed by atoms with Crippen LogP contribution in [0.15, 0.2) is 0 Å². The van der Waals surface area contributed by atoms with E-state index in [-0.39, 0.29) is 17.4 Å². The quantitative estimate of drug-likeness (QED) is 0.805. The molecule has 0 saturated heterocycles. The lowest BCUT2D eigenvalue weighted by Gasteiger charge is -2.59. The molecule has 4 fully saturated rings. The summed E-state index contributed by atoms with van der Waals surface area (Å²) in [5, 5.41) is 3.27. The Kier molecular flexibility index (Phi) is 4.16. The summed E-state index contributed by atoms with van der Waals surface area (Å²) in [6.45, 7) is 5.79.